The highest BCUT2D eigenvalue weighted by atomic mass is 19.4. The second-order valence-electron chi connectivity index (χ2n) is 7.80. The van der Waals surface area contributed by atoms with Crippen molar-refractivity contribution in [1.29, 1.82) is 0 Å². The number of halogens is 3. The van der Waals surface area contributed by atoms with Crippen LogP contribution in [0.15, 0.2) is 42.7 Å². The van der Waals surface area contributed by atoms with Crippen LogP contribution < -0.4 is 15.5 Å². The number of likely N-dealkylation sites (tertiary alicyclic amines) is 1. The minimum Gasteiger partial charge on any atom is -0.475 e. The Hall–Kier alpha value is -3.61. The first-order chi connectivity index (χ1) is 16.1. The molecule has 0 saturated carbocycles. The number of aliphatic carboxylic acids is 1. The van der Waals surface area contributed by atoms with Gasteiger partial charge in [0.25, 0.3) is 5.91 Å². The Morgan fingerprint density at radius 1 is 1.18 bits per heavy atom. The van der Waals surface area contributed by atoms with E-state index in [1.807, 2.05) is 18.2 Å². The number of carbonyl (C=O) groups excluding carboxylic acids is 2. The van der Waals surface area contributed by atoms with Crippen molar-refractivity contribution in [1.82, 2.24) is 25.5 Å². The second kappa shape index (κ2) is 10.5. The summed E-state index contributed by atoms with van der Waals surface area (Å²) in [7, 11) is 0. The van der Waals surface area contributed by atoms with E-state index in [1.54, 1.807) is 12.4 Å². The summed E-state index contributed by atoms with van der Waals surface area (Å²) in [5.41, 5.74) is 0.616. The molecule has 4 rings (SSSR count). The summed E-state index contributed by atoms with van der Waals surface area (Å²) in [6, 6.07) is 10.1. The fourth-order valence-electron chi connectivity index (χ4n) is 3.98. The average molecular weight is 482 g/mol. The zero-order valence-electron chi connectivity index (χ0n) is 18.1. The number of rotatable bonds is 5. The Labute approximate surface area is 193 Å². The number of aromatic amines is 1. The average Bonchev–Trinajstić information content (AvgIpc) is 3.45. The molecule has 184 valence electrons. The molecule has 0 atom stereocenters. The maximum Gasteiger partial charge on any atom is 0.490 e. The summed E-state index contributed by atoms with van der Waals surface area (Å²) in [5.74, 6) is -2.50. The van der Waals surface area contributed by atoms with Gasteiger partial charge in [0.15, 0.2) is 5.82 Å². The number of amides is 2. The number of nitrogens with one attached hydrogen (secondary N) is 3. The quantitative estimate of drug-likeness (QED) is 0.504. The van der Waals surface area contributed by atoms with E-state index >= 15 is 0 Å². The van der Waals surface area contributed by atoms with Crippen molar-refractivity contribution >= 4 is 23.5 Å². The number of carboxylic acids is 1. The van der Waals surface area contributed by atoms with E-state index in [2.05, 4.69) is 42.5 Å². The number of anilines is 1. The van der Waals surface area contributed by atoms with Crippen molar-refractivity contribution in [3.63, 3.8) is 0 Å². The summed E-state index contributed by atoms with van der Waals surface area (Å²) < 4.78 is 31.7. The Kier molecular flexibility index (Phi) is 7.76. The Morgan fingerprint density at radius 2 is 1.82 bits per heavy atom. The number of para-hydroxylation sites is 1. The number of carboxylic acid groups (broad SMARTS) is 1. The van der Waals surface area contributed by atoms with Gasteiger partial charge in [-0.15, -0.1) is 0 Å². The monoisotopic (exact) mass is 482 g/mol. The van der Waals surface area contributed by atoms with Crippen LogP contribution in [0.1, 0.15) is 23.5 Å². The number of piperidine rings is 1. The molecule has 0 unspecified atom stereocenters. The van der Waals surface area contributed by atoms with Crippen LogP contribution in [0, 0.1) is 0 Å². The molecule has 2 aliphatic rings. The molecule has 3 heterocycles. The van der Waals surface area contributed by atoms with Crippen molar-refractivity contribution in [3.05, 3.63) is 48.5 Å². The van der Waals surface area contributed by atoms with Crippen molar-refractivity contribution in [3.8, 4) is 0 Å². The third kappa shape index (κ3) is 5.84. The maximum atomic E-state index is 12.6. The van der Waals surface area contributed by atoms with Gasteiger partial charge in [-0.1, -0.05) is 18.2 Å². The van der Waals surface area contributed by atoms with Crippen LogP contribution in [0.5, 0.6) is 0 Å². The molecule has 2 aliphatic heterocycles. The lowest BCUT2D eigenvalue weighted by Gasteiger charge is -2.43. The number of hydrogen-bond donors (Lipinski definition) is 4. The maximum absolute atomic E-state index is 12.6. The fraction of sp³-hybridized carbons (Fsp3) is 0.429. The molecule has 0 radical (unpaired) electrons. The van der Waals surface area contributed by atoms with Crippen molar-refractivity contribution in [2.24, 2.45) is 0 Å². The number of alkyl halides is 3. The van der Waals surface area contributed by atoms with Crippen LogP contribution in [-0.4, -0.2) is 82.3 Å². The highest BCUT2D eigenvalue weighted by Gasteiger charge is 2.50. The van der Waals surface area contributed by atoms with Crippen LogP contribution in [-0.2, 0) is 9.59 Å². The largest absolute Gasteiger partial charge is 0.490 e. The third-order valence-corrected chi connectivity index (χ3v) is 5.76. The molecule has 13 heteroatoms. The molecule has 34 heavy (non-hydrogen) atoms. The van der Waals surface area contributed by atoms with E-state index in [0.717, 1.165) is 38.2 Å². The number of hydrogen-bond acceptors (Lipinski definition) is 6. The molecule has 1 aromatic heterocycles. The Balaban J connectivity index is 0.000000406. The zero-order valence-corrected chi connectivity index (χ0v) is 18.1. The third-order valence-electron chi connectivity index (χ3n) is 5.76. The lowest BCUT2D eigenvalue weighted by atomic mass is 9.85. The molecule has 2 saturated heterocycles. The van der Waals surface area contributed by atoms with Gasteiger partial charge in [-0.2, -0.15) is 13.2 Å². The van der Waals surface area contributed by atoms with Gasteiger partial charge in [-0.05, 0) is 25.0 Å². The topological polar surface area (TPSA) is 131 Å². The SMILES string of the molecule is O=C(NCCN1CCC2(CC1)C(=O)NCN2c1ccccc1)c1ncc[nH]1.O=C(O)C(F)(F)F. The molecule has 1 spiro atoms. The van der Waals surface area contributed by atoms with Crippen molar-refractivity contribution < 1.29 is 32.7 Å². The van der Waals surface area contributed by atoms with E-state index in [4.69, 9.17) is 9.90 Å². The van der Waals surface area contributed by atoms with E-state index < -0.39 is 17.7 Å². The van der Waals surface area contributed by atoms with Gasteiger partial charge in [0.2, 0.25) is 5.91 Å². The standard InChI is InChI=1S/C19H24N6O2.C2HF3O2/c26-17(16-20-8-9-21-16)22-10-13-24-11-6-19(7-12-24)18(27)23-14-25(19)15-4-2-1-3-5-15;3-2(4,5)1(6)7/h1-5,8-9H,6-7,10-14H2,(H,20,21)(H,22,26)(H,23,27);(H,6,7). The number of imidazole rings is 1. The normalized spacial score (nSPS) is 17.6. The molecule has 2 amide bonds. The van der Waals surface area contributed by atoms with Gasteiger partial charge < -0.3 is 30.5 Å². The molecule has 10 nitrogen and oxygen atoms in total. The predicted octanol–water partition coefficient (Wildman–Crippen LogP) is 1.20. The molecule has 0 aliphatic carbocycles. The van der Waals surface area contributed by atoms with Gasteiger partial charge in [-0.25, -0.2) is 9.78 Å². The smallest absolute Gasteiger partial charge is 0.475 e. The number of benzene rings is 1. The van der Waals surface area contributed by atoms with Crippen LogP contribution in [0.2, 0.25) is 0 Å². The summed E-state index contributed by atoms with van der Waals surface area (Å²) in [6.45, 7) is 3.53. The molecule has 4 N–H and O–H groups in total. The molecule has 2 fully saturated rings. The predicted molar refractivity (Wildman–Crippen MR) is 115 cm³/mol. The molecule has 1 aromatic carbocycles. The lowest BCUT2D eigenvalue weighted by Crippen LogP contribution is -2.57. The molecule has 2 aromatic rings. The van der Waals surface area contributed by atoms with Gasteiger partial charge in [0.1, 0.15) is 5.54 Å². The van der Waals surface area contributed by atoms with E-state index in [0.29, 0.717) is 19.0 Å². The van der Waals surface area contributed by atoms with Crippen LogP contribution >= 0.6 is 0 Å². The summed E-state index contributed by atoms with van der Waals surface area (Å²) in [6.07, 6.45) is -0.339. The Morgan fingerprint density at radius 3 is 2.38 bits per heavy atom. The number of carbonyl (C=O) groups is 3. The van der Waals surface area contributed by atoms with Crippen LogP contribution in [0.3, 0.4) is 0 Å². The van der Waals surface area contributed by atoms with Crippen molar-refractivity contribution in [2.45, 2.75) is 24.6 Å². The van der Waals surface area contributed by atoms with E-state index in [1.165, 1.54) is 0 Å². The highest BCUT2D eigenvalue weighted by Crippen LogP contribution is 2.35. The first-order valence-electron chi connectivity index (χ1n) is 10.5. The summed E-state index contributed by atoms with van der Waals surface area (Å²) in [4.78, 5) is 44.7. The van der Waals surface area contributed by atoms with Crippen LogP contribution in [0.4, 0.5) is 18.9 Å². The second-order valence-corrected chi connectivity index (χ2v) is 7.80. The van der Waals surface area contributed by atoms with Crippen molar-refractivity contribution in [2.75, 3.05) is 37.7 Å². The molecular weight excluding hydrogens is 457 g/mol. The minimum atomic E-state index is -5.08. The number of H-pyrrole nitrogens is 1. The van der Waals surface area contributed by atoms with Gasteiger partial charge >= 0.3 is 12.1 Å². The first kappa shape index (κ1) is 25.0. The minimum absolute atomic E-state index is 0.122. The highest BCUT2D eigenvalue weighted by molar-refractivity contribution is 5.93. The molecule has 0 bridgehead atoms. The number of aromatic nitrogens is 2. The lowest BCUT2D eigenvalue weighted by molar-refractivity contribution is -0.192. The van der Waals surface area contributed by atoms with Crippen LogP contribution in [0.25, 0.3) is 0 Å². The van der Waals surface area contributed by atoms with E-state index in [-0.39, 0.29) is 11.8 Å². The number of nitrogens with zero attached hydrogens (tertiary/aromatic N) is 3. The fourth-order valence-corrected chi connectivity index (χ4v) is 3.98. The summed E-state index contributed by atoms with van der Waals surface area (Å²) in [5, 5.41) is 13.0. The van der Waals surface area contributed by atoms with E-state index in [9.17, 15) is 22.8 Å². The zero-order chi connectivity index (χ0) is 24.8. The van der Waals surface area contributed by atoms with Gasteiger partial charge in [0.05, 0.1) is 6.67 Å². The first-order valence-corrected chi connectivity index (χ1v) is 10.5. The summed E-state index contributed by atoms with van der Waals surface area (Å²) >= 11 is 0. The van der Waals surface area contributed by atoms with Gasteiger partial charge in [0, 0.05) is 44.3 Å². The van der Waals surface area contributed by atoms with Gasteiger partial charge in [-0.3, -0.25) is 9.59 Å². The Bertz CT molecular complexity index is 976. The molecular formula is C21H25F3N6O4.